The highest BCUT2D eigenvalue weighted by Gasteiger charge is 2.12. The highest BCUT2D eigenvalue weighted by molar-refractivity contribution is 7.46. The molecular formula is C18H45N2O8P. The van der Waals surface area contributed by atoms with Crippen molar-refractivity contribution in [1.29, 1.82) is 0 Å². The van der Waals surface area contributed by atoms with Crippen LogP contribution in [0.25, 0.3) is 0 Å². The molecule has 0 atom stereocenters. The van der Waals surface area contributed by atoms with E-state index in [-0.39, 0.29) is 33.0 Å². The predicted molar refractivity (Wildman–Crippen MR) is 115 cm³/mol. The number of phosphoric acid groups is 1. The molecule has 0 aromatic heterocycles. The Morgan fingerprint density at radius 3 is 1.31 bits per heavy atom. The van der Waals surface area contributed by atoms with Crippen LogP contribution in [0.1, 0.15) is 58.3 Å². The molecular weight excluding hydrogens is 403 g/mol. The van der Waals surface area contributed by atoms with Gasteiger partial charge >= 0.3 is 7.82 Å². The average molecular weight is 449 g/mol. The van der Waals surface area contributed by atoms with E-state index < -0.39 is 7.82 Å². The van der Waals surface area contributed by atoms with E-state index in [0.29, 0.717) is 26.2 Å². The fraction of sp³-hybridized carbons (Fsp3) is 1.00. The van der Waals surface area contributed by atoms with Crippen LogP contribution in [0.15, 0.2) is 0 Å². The first kappa shape index (κ1) is 33.5. The van der Waals surface area contributed by atoms with Gasteiger partial charge < -0.3 is 40.8 Å². The first-order chi connectivity index (χ1) is 13.9. The van der Waals surface area contributed by atoms with E-state index in [1.807, 2.05) is 0 Å². The molecule has 0 aliphatic rings. The second-order valence-corrected chi connectivity index (χ2v) is 7.43. The lowest BCUT2D eigenvalue weighted by Gasteiger charge is -2.04. The molecule has 180 valence electrons. The summed E-state index contributed by atoms with van der Waals surface area (Å²) in [6.45, 7) is 5.20. The van der Waals surface area contributed by atoms with E-state index in [4.69, 9.17) is 30.2 Å². The van der Waals surface area contributed by atoms with Crippen molar-refractivity contribution in [3.05, 3.63) is 0 Å². The maximum Gasteiger partial charge on any atom is 0.469 e. The van der Waals surface area contributed by atoms with Gasteiger partial charge in [-0.15, -0.1) is 0 Å². The van der Waals surface area contributed by atoms with Gasteiger partial charge in [0, 0.05) is 26.2 Å². The third-order valence-corrected chi connectivity index (χ3v) is 3.93. The number of rotatable bonds is 18. The van der Waals surface area contributed by atoms with Crippen LogP contribution in [0, 0.1) is 0 Å². The van der Waals surface area contributed by atoms with Gasteiger partial charge in [0.15, 0.2) is 0 Å². The van der Waals surface area contributed by atoms with Crippen molar-refractivity contribution in [2.75, 3.05) is 59.2 Å². The molecule has 0 rings (SSSR count). The van der Waals surface area contributed by atoms with Gasteiger partial charge in [0.25, 0.3) is 0 Å². The molecule has 0 heterocycles. The van der Waals surface area contributed by atoms with Gasteiger partial charge in [-0.25, -0.2) is 4.57 Å². The molecule has 0 aliphatic heterocycles. The smallest absolute Gasteiger partial charge is 0.395 e. The summed E-state index contributed by atoms with van der Waals surface area (Å²) < 4.78 is 14.7. The zero-order chi connectivity index (χ0) is 22.6. The van der Waals surface area contributed by atoms with Gasteiger partial charge in [0.2, 0.25) is 0 Å². The summed E-state index contributed by atoms with van der Waals surface area (Å²) >= 11 is 0. The summed E-state index contributed by atoms with van der Waals surface area (Å²) in [5, 5.41) is 38.2. The zero-order valence-electron chi connectivity index (χ0n) is 18.0. The highest BCUT2D eigenvalue weighted by atomic mass is 31.2. The van der Waals surface area contributed by atoms with Gasteiger partial charge in [-0.3, -0.25) is 4.52 Å². The lowest BCUT2D eigenvalue weighted by Crippen LogP contribution is -2.21. The molecule has 0 radical (unpaired) electrons. The molecule has 0 fully saturated rings. The van der Waals surface area contributed by atoms with E-state index in [1.54, 1.807) is 0 Å². The third kappa shape index (κ3) is 47.2. The molecule has 0 aromatic carbocycles. The number of aliphatic hydroxyl groups excluding tert-OH is 4. The third-order valence-electron chi connectivity index (χ3n) is 3.41. The van der Waals surface area contributed by atoms with Gasteiger partial charge in [0.05, 0.1) is 33.0 Å². The van der Waals surface area contributed by atoms with E-state index >= 15 is 0 Å². The number of aliphatic hydroxyl groups is 4. The first-order valence-corrected chi connectivity index (χ1v) is 12.0. The fourth-order valence-electron chi connectivity index (χ4n) is 1.99. The highest BCUT2D eigenvalue weighted by Crippen LogP contribution is 2.35. The van der Waals surface area contributed by atoms with Crippen LogP contribution >= 0.6 is 7.82 Å². The Morgan fingerprint density at radius 2 is 1.00 bits per heavy atom. The molecule has 0 saturated carbocycles. The van der Waals surface area contributed by atoms with Crippen LogP contribution in [-0.4, -0.2) is 89.4 Å². The van der Waals surface area contributed by atoms with Gasteiger partial charge in [-0.2, -0.15) is 0 Å². The fourth-order valence-corrected chi connectivity index (χ4v) is 2.35. The van der Waals surface area contributed by atoms with Crippen LogP contribution < -0.4 is 10.6 Å². The second-order valence-electron chi connectivity index (χ2n) is 6.19. The predicted octanol–water partition coefficient (Wildman–Crippen LogP) is 0.358. The van der Waals surface area contributed by atoms with Gasteiger partial charge in [-0.1, -0.05) is 51.9 Å². The maximum atomic E-state index is 10.3. The summed E-state index contributed by atoms with van der Waals surface area (Å²) in [7, 11) is -4.24. The summed E-state index contributed by atoms with van der Waals surface area (Å²) in [6.07, 6.45) is 9.22. The van der Waals surface area contributed by atoms with Crippen LogP contribution in [0.5, 0.6) is 0 Å². The lowest BCUT2D eigenvalue weighted by atomic mass is 10.1. The van der Waals surface area contributed by atoms with Crippen molar-refractivity contribution in [3.63, 3.8) is 0 Å². The molecule has 0 spiro atoms. The van der Waals surface area contributed by atoms with Crippen LogP contribution in [-0.2, 0) is 9.09 Å². The second kappa shape index (κ2) is 30.1. The molecule has 10 nitrogen and oxygen atoms in total. The van der Waals surface area contributed by atoms with Crippen molar-refractivity contribution in [1.82, 2.24) is 10.6 Å². The van der Waals surface area contributed by atoms with Crippen molar-refractivity contribution in [2.45, 2.75) is 58.3 Å². The summed E-state index contributed by atoms with van der Waals surface area (Å²) in [5.74, 6) is 0. The van der Waals surface area contributed by atoms with Crippen molar-refractivity contribution >= 4 is 7.82 Å². The lowest BCUT2D eigenvalue weighted by molar-refractivity contribution is 0.193. The van der Waals surface area contributed by atoms with E-state index in [9.17, 15) is 4.57 Å². The topological polar surface area (TPSA) is 172 Å². The normalized spacial score (nSPS) is 10.7. The molecule has 0 unspecified atom stereocenters. The first-order valence-electron chi connectivity index (χ1n) is 10.4. The van der Waals surface area contributed by atoms with Crippen molar-refractivity contribution in [3.8, 4) is 0 Å². The number of phosphoric ester groups is 1. The largest absolute Gasteiger partial charge is 0.469 e. The molecule has 0 bridgehead atoms. The molecule has 0 amide bonds. The molecule has 0 aliphatic carbocycles. The molecule has 11 heteroatoms. The summed E-state index contributed by atoms with van der Waals surface area (Å²) in [4.78, 5) is 16.8. The maximum absolute atomic E-state index is 10.3. The Bertz CT molecular complexity index is 304. The molecule has 0 saturated heterocycles. The number of unbranched alkanes of at least 4 members (excludes halogenated alkanes) is 7. The minimum atomic E-state index is -4.24. The van der Waals surface area contributed by atoms with Gasteiger partial charge in [-0.05, 0) is 6.42 Å². The monoisotopic (exact) mass is 448 g/mol. The Hall–Kier alpha value is -0.130. The van der Waals surface area contributed by atoms with Crippen LogP contribution in [0.3, 0.4) is 0 Å². The quantitative estimate of drug-likeness (QED) is 0.108. The molecule has 0 aromatic rings. The number of hydrogen-bond donors (Lipinski definition) is 8. The molecule has 29 heavy (non-hydrogen) atoms. The number of hydrogen-bond acceptors (Lipinski definition) is 8. The SMILES string of the molecule is CCCCCCCCCCOP(=O)(O)O.OCCNCCO.OCCNCCO. The Balaban J connectivity index is -0.000000402. The summed E-state index contributed by atoms with van der Waals surface area (Å²) in [6, 6.07) is 0. The summed E-state index contributed by atoms with van der Waals surface area (Å²) in [5.41, 5.74) is 0. The Labute approximate surface area is 175 Å². The van der Waals surface area contributed by atoms with E-state index in [0.717, 1.165) is 19.3 Å². The minimum absolute atomic E-state index is 0.139. The van der Waals surface area contributed by atoms with Gasteiger partial charge in [0.1, 0.15) is 0 Å². The van der Waals surface area contributed by atoms with Crippen LogP contribution in [0.4, 0.5) is 0 Å². The number of nitrogens with one attached hydrogen (secondary N) is 2. The van der Waals surface area contributed by atoms with Crippen LogP contribution in [0.2, 0.25) is 0 Å². The van der Waals surface area contributed by atoms with E-state index in [2.05, 4.69) is 22.1 Å². The van der Waals surface area contributed by atoms with E-state index in [1.165, 1.54) is 32.1 Å². The average Bonchev–Trinajstić information content (AvgIpc) is 2.68. The standard InChI is InChI=1S/C10H23O4P.2C4H11NO2/c1-2-3-4-5-6-7-8-9-10-14-15(11,12)13;2*6-3-1-5-2-4-7/h2-10H2,1H3,(H2,11,12,13);2*5-7H,1-4H2. The minimum Gasteiger partial charge on any atom is -0.395 e. The van der Waals surface area contributed by atoms with Crippen molar-refractivity contribution < 1.29 is 39.3 Å². The Morgan fingerprint density at radius 1 is 0.655 bits per heavy atom. The zero-order valence-corrected chi connectivity index (χ0v) is 18.9. The van der Waals surface area contributed by atoms with Crippen molar-refractivity contribution in [2.24, 2.45) is 0 Å². The molecule has 8 N–H and O–H groups in total. The Kier molecular flexibility index (Phi) is 34.7.